The first-order valence-electron chi connectivity index (χ1n) is 43.9. The van der Waals surface area contributed by atoms with Crippen LogP contribution in [0.3, 0.4) is 0 Å². The van der Waals surface area contributed by atoms with Crippen molar-refractivity contribution in [2.75, 3.05) is 6.26 Å². The summed E-state index contributed by atoms with van der Waals surface area (Å²) >= 11 is 0.250. The van der Waals surface area contributed by atoms with Gasteiger partial charge in [0.25, 0.3) is 0 Å². The fraction of sp³-hybridized carbons (Fsp3) is 0.760. The molecule has 0 spiro atoms. The van der Waals surface area contributed by atoms with Crippen LogP contribution in [0.5, 0.6) is 0 Å². The molecule has 626 valence electrons. The van der Waals surface area contributed by atoms with Crippen molar-refractivity contribution in [2.45, 2.75) is 352 Å². The molecule has 0 saturated heterocycles. The van der Waals surface area contributed by atoms with Gasteiger partial charge in [-0.2, -0.15) is 3.89 Å². The maximum atomic E-state index is 14.1. The van der Waals surface area contributed by atoms with Gasteiger partial charge in [-0.25, -0.2) is 13.2 Å². The predicted molar refractivity (Wildman–Crippen MR) is 455 cm³/mol. The van der Waals surface area contributed by atoms with Gasteiger partial charge in [0.1, 0.15) is 17.5 Å². The van der Waals surface area contributed by atoms with Gasteiger partial charge in [0.05, 0.1) is 35.1 Å². The number of fused-ring (bicyclic) bond motifs is 15. The maximum Gasteiger partial charge on any atom is 0.128 e. The highest BCUT2D eigenvalue weighted by atomic mass is 32.2. The van der Waals surface area contributed by atoms with Crippen LogP contribution in [0.25, 0.3) is 0 Å². The summed E-state index contributed by atoms with van der Waals surface area (Å²) in [6, 6.07) is 20.0. The molecular weight excluding hydrogens is 1410 g/mol. The van der Waals surface area contributed by atoms with E-state index in [1.165, 1.54) is 121 Å². The van der Waals surface area contributed by atoms with E-state index >= 15 is 0 Å². The fourth-order valence-corrected chi connectivity index (χ4v) is 28.5. The van der Waals surface area contributed by atoms with E-state index in [4.69, 9.17) is 0 Å². The summed E-state index contributed by atoms with van der Waals surface area (Å²) in [5.74, 6) is 9.79. The molecule has 0 heterocycles. The van der Waals surface area contributed by atoms with Gasteiger partial charge in [0, 0.05) is 35.1 Å². The molecule has 11 heteroatoms. The zero-order valence-corrected chi connectivity index (χ0v) is 69.8. The summed E-state index contributed by atoms with van der Waals surface area (Å²) in [7, 11) is 0. The Balaban J connectivity index is 0.000000185. The third-order valence-electron chi connectivity index (χ3n) is 35.5. The minimum absolute atomic E-state index is 0. The van der Waals surface area contributed by atoms with Gasteiger partial charge >= 0.3 is 0 Å². The third kappa shape index (κ3) is 17.6. The molecule has 0 aromatic heterocycles. The quantitative estimate of drug-likeness (QED) is 0.0554. The van der Waals surface area contributed by atoms with Crippen LogP contribution in [-0.4, -0.2) is 53.7 Å². The number of benzene rings is 3. The van der Waals surface area contributed by atoms with Gasteiger partial charge in [-0.1, -0.05) is 195 Å². The van der Waals surface area contributed by atoms with Crippen LogP contribution in [0.2, 0.25) is 0 Å². The molecule has 0 amide bonds. The number of aliphatic hydroxyl groups is 6. The molecule has 12 aliphatic carbocycles. The Hall–Kier alpha value is -3.29. The Morgan fingerprint density at radius 3 is 0.847 bits per heavy atom. The van der Waals surface area contributed by atoms with Gasteiger partial charge in [-0.3, -0.25) is 0 Å². The molecule has 6 N–H and O–H groups in total. The lowest BCUT2D eigenvalue weighted by molar-refractivity contribution is -0.0757. The largest absolute Gasteiger partial charge is 0.390 e. The Labute approximate surface area is 677 Å². The number of halogens is 4. The van der Waals surface area contributed by atoms with Crippen LogP contribution in [-0.2, 0) is 0 Å². The van der Waals surface area contributed by atoms with Crippen molar-refractivity contribution in [1.29, 1.82) is 0 Å². The van der Waals surface area contributed by atoms with Gasteiger partial charge in [-0.15, -0.1) is 0 Å². The van der Waals surface area contributed by atoms with Gasteiger partial charge in [0.15, 0.2) is 0 Å². The molecule has 0 radical (unpaired) electrons. The molecule has 1 unspecified atom stereocenters. The van der Waals surface area contributed by atoms with E-state index in [2.05, 4.69) is 101 Å². The molecule has 6 nitrogen and oxygen atoms in total. The Morgan fingerprint density at radius 1 is 0.369 bits per heavy atom. The van der Waals surface area contributed by atoms with Gasteiger partial charge in [0.2, 0.25) is 0 Å². The Morgan fingerprint density at radius 2 is 0.613 bits per heavy atom. The average molecular weight is 1560 g/mol. The second-order valence-electron chi connectivity index (χ2n) is 40.2. The number of aliphatic hydroxyl groups excluding tert-OH is 3. The fourth-order valence-electron chi connectivity index (χ4n) is 28.5. The molecule has 111 heavy (non-hydrogen) atoms. The molecular formula is C100H156F4O6S. The van der Waals surface area contributed by atoms with E-state index in [0.717, 1.165) is 150 Å². The minimum atomic E-state index is -0.714. The highest BCUT2D eigenvalue weighted by Crippen LogP contribution is 2.72. The van der Waals surface area contributed by atoms with E-state index in [0.29, 0.717) is 87.7 Å². The van der Waals surface area contributed by atoms with Gasteiger partial charge < -0.3 is 30.6 Å². The number of hydrogen-bond acceptors (Lipinski definition) is 7. The molecule has 15 rings (SSSR count). The van der Waals surface area contributed by atoms with Crippen LogP contribution in [0.1, 0.15) is 352 Å². The van der Waals surface area contributed by atoms with Crippen LogP contribution >= 0.6 is 12.1 Å². The van der Waals surface area contributed by atoms with Crippen LogP contribution in [0, 0.1) is 139 Å². The molecule has 3 aromatic carbocycles. The summed E-state index contributed by atoms with van der Waals surface area (Å²) in [6.07, 6.45) is 42.5. The monoisotopic (exact) mass is 1560 g/mol. The second-order valence-corrected chi connectivity index (χ2v) is 40.5. The topological polar surface area (TPSA) is 121 Å². The lowest BCUT2D eigenvalue weighted by Gasteiger charge is -2.59. The molecule has 27 atom stereocenters. The SMILES string of the molecule is C.C.C.CC[C@]1(O)CC[C@@]2(C)C(=CC[C@H]3[C@@H]4CC[C@H]([C@H](C)CCC(O)c5ccccc5F)[C@@]4(C)CC[C@@H]32)C1.CC[C@]1(O)CC[C@@]2(C)C(=CC[C@H]3[C@@H]4CC[C@H]([C@H](C)CC[C@@H](O)c5ccccc5F)[C@@]4(C)CC[C@@H]32)C1.CC[C@]1(O)CC[C@@]2(C)C(=CC[C@H]3[C@@H]4CC[C@H]([C@H](C)CC[C@H](O)c5ccccc5F)[C@@]4(C)CC[C@@H]32)C1.CSF. The highest BCUT2D eigenvalue weighted by Gasteiger charge is 2.64. The van der Waals surface area contributed by atoms with E-state index in [1.807, 2.05) is 18.2 Å². The Kier molecular flexibility index (Phi) is 30.1. The van der Waals surface area contributed by atoms with Crippen molar-refractivity contribution in [3.8, 4) is 0 Å². The molecule has 3 aromatic rings. The molecule has 12 aliphatic rings. The van der Waals surface area contributed by atoms with Gasteiger partial charge in [-0.05, 0) is 351 Å². The first-order valence-corrected chi connectivity index (χ1v) is 45.1. The highest BCUT2D eigenvalue weighted by molar-refractivity contribution is 7.93. The number of rotatable bonds is 18. The van der Waals surface area contributed by atoms with Crippen molar-refractivity contribution < 1.29 is 47.7 Å². The minimum Gasteiger partial charge on any atom is -0.390 e. The smallest absolute Gasteiger partial charge is 0.128 e. The van der Waals surface area contributed by atoms with Crippen molar-refractivity contribution in [1.82, 2.24) is 0 Å². The lowest BCUT2D eigenvalue weighted by atomic mass is 9.46. The molecule has 9 saturated carbocycles. The summed E-state index contributed by atoms with van der Waals surface area (Å²) in [5, 5.41) is 65.1. The second kappa shape index (κ2) is 36.5. The first-order chi connectivity index (χ1) is 51.2. The number of hydrogen-bond donors (Lipinski definition) is 6. The molecule has 0 bridgehead atoms. The van der Waals surface area contributed by atoms with Crippen molar-refractivity contribution in [3.05, 3.63) is 142 Å². The van der Waals surface area contributed by atoms with Crippen molar-refractivity contribution in [2.24, 2.45) is 121 Å². The molecule has 0 aliphatic heterocycles. The zero-order valence-electron chi connectivity index (χ0n) is 69.0. The van der Waals surface area contributed by atoms with Crippen LogP contribution < -0.4 is 0 Å². The average Bonchev–Trinajstić information content (AvgIpc) is 1.60. The van der Waals surface area contributed by atoms with E-state index in [-0.39, 0.29) is 68.1 Å². The molecule has 9 fully saturated rings. The van der Waals surface area contributed by atoms with E-state index in [1.54, 1.807) is 53.1 Å². The lowest BCUT2D eigenvalue weighted by Crippen LogP contribution is -2.52. The van der Waals surface area contributed by atoms with Crippen LogP contribution in [0.4, 0.5) is 17.1 Å². The maximum absolute atomic E-state index is 14.1. The summed E-state index contributed by atoms with van der Waals surface area (Å²) in [6.45, 7) is 28.8. The summed E-state index contributed by atoms with van der Waals surface area (Å²) in [5.41, 5.74) is 6.51. The van der Waals surface area contributed by atoms with Crippen molar-refractivity contribution in [3.63, 3.8) is 0 Å². The summed E-state index contributed by atoms with van der Waals surface area (Å²) < 4.78 is 52.6. The zero-order chi connectivity index (χ0) is 77.7. The van der Waals surface area contributed by atoms with Crippen molar-refractivity contribution >= 4 is 12.1 Å². The number of allylic oxidation sites excluding steroid dienone is 3. The normalized spacial score (nSPS) is 40.3. The third-order valence-corrected chi connectivity index (χ3v) is 35.5. The van der Waals surface area contributed by atoms with E-state index in [9.17, 15) is 47.7 Å². The standard InChI is InChI=1S/3C32H47FO2.CH3FS.3CH4/c3*1-5-32(35)19-18-30(3)22(20-32)11-12-23-26-14-13-25(31(26,4)17-16-27(23)30)21(2)10-15-29(34)24-8-6-7-9-28(24)33;1-3-2;;;/h3*6-9,11,21,23,25-27,29,34-35H,5,10,12-20H2,1-4H3;1H3;3*1H4/t21-,23+,25-,26+,27+,29?,30+,31-,32+;21-,23+,25-,26+,27+,29+,30+,31-,32+;21-,23+,25-,26+,27+,29-,30+,31-,32+;;;;/m111..../s1. The summed E-state index contributed by atoms with van der Waals surface area (Å²) in [4.78, 5) is 0. The first kappa shape index (κ1) is 91.6. The predicted octanol–water partition coefficient (Wildman–Crippen LogP) is 27.1. The Bertz CT molecular complexity index is 3270. The van der Waals surface area contributed by atoms with E-state index < -0.39 is 35.1 Å². The van der Waals surface area contributed by atoms with Crippen LogP contribution in [0.15, 0.2) is 108 Å².